The molecule has 0 aliphatic rings. The minimum absolute atomic E-state index is 0.238. The van der Waals surface area contributed by atoms with Gasteiger partial charge in [-0.3, -0.25) is 4.98 Å². The van der Waals surface area contributed by atoms with Crippen molar-refractivity contribution in [1.29, 1.82) is 0 Å². The lowest BCUT2D eigenvalue weighted by atomic mass is 10.1. The van der Waals surface area contributed by atoms with E-state index < -0.39 is 0 Å². The van der Waals surface area contributed by atoms with Crippen LogP contribution in [0.4, 0.5) is 0 Å². The molecular weight excluding hydrogens is 252 g/mol. The molecule has 0 amide bonds. The van der Waals surface area contributed by atoms with Crippen LogP contribution < -0.4 is 5.73 Å². The normalized spacial score (nSPS) is 13.0. The summed E-state index contributed by atoms with van der Waals surface area (Å²) < 4.78 is 5.25. The molecule has 3 aromatic rings. The molecule has 1 atom stereocenters. The molecule has 0 bridgehead atoms. The Morgan fingerprint density at radius 1 is 1.20 bits per heavy atom. The highest BCUT2D eigenvalue weighted by Gasteiger charge is 2.18. The molecule has 2 heterocycles. The number of pyridine rings is 1. The summed E-state index contributed by atoms with van der Waals surface area (Å²) in [6, 6.07) is 9.55. The molecule has 0 aliphatic heterocycles. The van der Waals surface area contributed by atoms with E-state index in [4.69, 9.17) is 10.3 Å². The Labute approximate surface area is 116 Å². The monoisotopic (exact) mass is 268 g/mol. The van der Waals surface area contributed by atoms with Crippen LogP contribution in [-0.2, 0) is 0 Å². The molecular formula is C15H16N4O. The molecule has 0 saturated carbocycles. The number of nitrogens with two attached hydrogens (primary N) is 1. The summed E-state index contributed by atoms with van der Waals surface area (Å²) in [7, 11) is 0. The molecule has 2 aromatic heterocycles. The van der Waals surface area contributed by atoms with Crippen LogP contribution in [0.5, 0.6) is 0 Å². The van der Waals surface area contributed by atoms with Crippen LogP contribution in [0.3, 0.4) is 0 Å². The first-order chi connectivity index (χ1) is 9.65. The predicted octanol–water partition coefficient (Wildman–Crippen LogP) is 2.94. The molecule has 1 aromatic carbocycles. The van der Waals surface area contributed by atoms with E-state index in [2.05, 4.69) is 15.1 Å². The van der Waals surface area contributed by atoms with Gasteiger partial charge in [-0.1, -0.05) is 25.1 Å². The van der Waals surface area contributed by atoms with E-state index >= 15 is 0 Å². The molecule has 0 radical (unpaired) electrons. The zero-order valence-corrected chi connectivity index (χ0v) is 11.4. The topological polar surface area (TPSA) is 77.8 Å². The molecule has 5 heteroatoms. The fourth-order valence-electron chi connectivity index (χ4n) is 1.99. The second-order valence-corrected chi connectivity index (χ2v) is 5.14. The first-order valence-electron chi connectivity index (χ1n) is 6.59. The molecule has 102 valence electrons. The van der Waals surface area contributed by atoms with Gasteiger partial charge in [0.2, 0.25) is 11.7 Å². The van der Waals surface area contributed by atoms with Gasteiger partial charge in [-0.2, -0.15) is 4.98 Å². The van der Waals surface area contributed by atoms with Crippen LogP contribution in [0.2, 0.25) is 0 Å². The van der Waals surface area contributed by atoms with Crippen LogP contribution >= 0.6 is 0 Å². The van der Waals surface area contributed by atoms with E-state index in [-0.39, 0.29) is 12.0 Å². The minimum Gasteiger partial charge on any atom is -0.337 e. The fraction of sp³-hybridized carbons (Fsp3) is 0.267. The van der Waals surface area contributed by atoms with Gasteiger partial charge in [0.25, 0.3) is 0 Å². The number of rotatable bonds is 3. The van der Waals surface area contributed by atoms with Gasteiger partial charge in [0.05, 0.1) is 11.6 Å². The van der Waals surface area contributed by atoms with E-state index in [1.54, 1.807) is 6.20 Å². The lowest BCUT2D eigenvalue weighted by Gasteiger charge is -2.09. The van der Waals surface area contributed by atoms with Gasteiger partial charge in [0.1, 0.15) is 0 Å². The summed E-state index contributed by atoms with van der Waals surface area (Å²) >= 11 is 0. The molecule has 0 spiro atoms. The summed E-state index contributed by atoms with van der Waals surface area (Å²) in [6.45, 7) is 4.05. The summed E-state index contributed by atoms with van der Waals surface area (Å²) in [6.07, 6.45) is 1.77. The first kappa shape index (κ1) is 12.7. The highest BCUT2D eigenvalue weighted by Crippen LogP contribution is 2.24. The van der Waals surface area contributed by atoms with Crippen molar-refractivity contribution in [2.45, 2.75) is 19.9 Å². The quantitative estimate of drug-likeness (QED) is 0.790. The number of nitrogens with zero attached hydrogens (tertiary/aromatic N) is 3. The Hall–Kier alpha value is -2.27. The summed E-state index contributed by atoms with van der Waals surface area (Å²) in [4.78, 5) is 8.67. The van der Waals surface area contributed by atoms with Crippen molar-refractivity contribution in [1.82, 2.24) is 15.1 Å². The van der Waals surface area contributed by atoms with Crippen LogP contribution in [0, 0.1) is 5.92 Å². The Morgan fingerprint density at radius 2 is 2.05 bits per heavy atom. The highest BCUT2D eigenvalue weighted by atomic mass is 16.5. The van der Waals surface area contributed by atoms with Gasteiger partial charge in [-0.15, -0.1) is 0 Å². The number of benzene rings is 1. The number of aromatic nitrogens is 3. The Bertz CT molecular complexity index is 735. The van der Waals surface area contributed by atoms with Gasteiger partial charge in [-0.05, 0) is 30.2 Å². The molecule has 2 N–H and O–H groups in total. The van der Waals surface area contributed by atoms with E-state index in [9.17, 15) is 0 Å². The van der Waals surface area contributed by atoms with Crippen LogP contribution in [0.15, 0.2) is 41.1 Å². The van der Waals surface area contributed by atoms with Crippen molar-refractivity contribution in [2.75, 3.05) is 0 Å². The van der Waals surface area contributed by atoms with E-state index in [0.29, 0.717) is 11.7 Å². The summed E-state index contributed by atoms with van der Waals surface area (Å²) in [5.74, 6) is 1.28. The third-order valence-electron chi connectivity index (χ3n) is 3.31. The molecule has 3 rings (SSSR count). The van der Waals surface area contributed by atoms with E-state index in [1.165, 1.54) is 0 Å². The molecule has 5 nitrogen and oxygen atoms in total. The second-order valence-electron chi connectivity index (χ2n) is 5.14. The van der Waals surface area contributed by atoms with Gasteiger partial charge in [0, 0.05) is 17.1 Å². The van der Waals surface area contributed by atoms with Crippen molar-refractivity contribution < 1.29 is 4.52 Å². The molecule has 0 saturated heterocycles. The van der Waals surface area contributed by atoms with Gasteiger partial charge >= 0.3 is 0 Å². The highest BCUT2D eigenvalue weighted by molar-refractivity contribution is 5.82. The average molecular weight is 268 g/mol. The largest absolute Gasteiger partial charge is 0.337 e. The van der Waals surface area contributed by atoms with Crippen molar-refractivity contribution >= 4 is 10.9 Å². The van der Waals surface area contributed by atoms with Crippen LogP contribution in [0.1, 0.15) is 25.8 Å². The zero-order valence-electron chi connectivity index (χ0n) is 11.4. The Morgan fingerprint density at radius 3 is 2.85 bits per heavy atom. The molecule has 0 fully saturated rings. The van der Waals surface area contributed by atoms with Crippen molar-refractivity contribution in [3.8, 4) is 11.4 Å². The smallest absolute Gasteiger partial charge is 0.244 e. The van der Waals surface area contributed by atoms with E-state index in [0.717, 1.165) is 16.5 Å². The second kappa shape index (κ2) is 5.02. The maximum atomic E-state index is 6.01. The fourth-order valence-corrected chi connectivity index (χ4v) is 1.99. The van der Waals surface area contributed by atoms with Gasteiger partial charge in [0.15, 0.2) is 0 Å². The third-order valence-corrected chi connectivity index (χ3v) is 3.31. The van der Waals surface area contributed by atoms with Gasteiger partial charge in [-0.25, -0.2) is 0 Å². The standard InChI is InChI=1S/C15H16N4O/c1-9(2)13(16)15-18-14(19-20-15)11-5-6-12-10(8-11)4-3-7-17-12/h3-9,13H,16H2,1-2H3/t13-/m1/s1. The van der Waals surface area contributed by atoms with Crippen molar-refractivity contribution in [3.63, 3.8) is 0 Å². The lowest BCUT2D eigenvalue weighted by molar-refractivity contribution is 0.325. The maximum absolute atomic E-state index is 6.01. The number of hydrogen-bond donors (Lipinski definition) is 1. The zero-order chi connectivity index (χ0) is 14.1. The van der Waals surface area contributed by atoms with Crippen molar-refractivity contribution in [3.05, 3.63) is 42.4 Å². The summed E-state index contributed by atoms with van der Waals surface area (Å²) in [5, 5.41) is 5.06. The predicted molar refractivity (Wildman–Crippen MR) is 76.8 cm³/mol. The molecule has 0 unspecified atom stereocenters. The Kier molecular flexibility index (Phi) is 3.20. The molecule has 0 aliphatic carbocycles. The average Bonchev–Trinajstić information content (AvgIpc) is 2.95. The van der Waals surface area contributed by atoms with E-state index in [1.807, 2.05) is 44.2 Å². The first-order valence-corrected chi connectivity index (χ1v) is 6.59. The minimum atomic E-state index is -0.238. The SMILES string of the molecule is CC(C)[C@@H](N)c1nc(-c2ccc3ncccc3c2)no1. The summed E-state index contributed by atoms with van der Waals surface area (Å²) in [5.41, 5.74) is 7.86. The number of fused-ring (bicyclic) bond motifs is 1. The number of hydrogen-bond acceptors (Lipinski definition) is 5. The van der Waals surface area contributed by atoms with Crippen LogP contribution in [-0.4, -0.2) is 15.1 Å². The molecule has 20 heavy (non-hydrogen) atoms. The lowest BCUT2D eigenvalue weighted by Crippen LogP contribution is -2.16. The Balaban J connectivity index is 1.99. The maximum Gasteiger partial charge on any atom is 0.244 e. The third kappa shape index (κ3) is 2.28. The van der Waals surface area contributed by atoms with Gasteiger partial charge < -0.3 is 10.3 Å². The van der Waals surface area contributed by atoms with Crippen LogP contribution in [0.25, 0.3) is 22.3 Å². The van der Waals surface area contributed by atoms with Crippen molar-refractivity contribution in [2.24, 2.45) is 11.7 Å².